The van der Waals surface area contributed by atoms with Crippen molar-refractivity contribution in [3.63, 3.8) is 0 Å². The molecular formula is C12H18ClNS3. The Morgan fingerprint density at radius 1 is 1.47 bits per heavy atom. The summed E-state index contributed by atoms with van der Waals surface area (Å²) in [6, 6.07) is 4.76. The summed E-state index contributed by atoms with van der Waals surface area (Å²) in [4.78, 5) is 1.40. The summed E-state index contributed by atoms with van der Waals surface area (Å²) in [6.07, 6.45) is 1.11. The van der Waals surface area contributed by atoms with E-state index in [9.17, 15) is 0 Å². The second kappa shape index (κ2) is 7.29. The number of halogens is 1. The van der Waals surface area contributed by atoms with Gasteiger partial charge in [0.2, 0.25) is 0 Å². The third-order valence-corrected chi connectivity index (χ3v) is 6.98. The first-order valence-electron chi connectivity index (χ1n) is 5.96. The van der Waals surface area contributed by atoms with Crippen molar-refractivity contribution in [2.24, 2.45) is 0 Å². The summed E-state index contributed by atoms with van der Waals surface area (Å²) in [5, 5.41) is 4.38. The van der Waals surface area contributed by atoms with Crippen LogP contribution in [0.25, 0.3) is 0 Å². The van der Waals surface area contributed by atoms with Crippen molar-refractivity contribution in [1.82, 2.24) is 5.32 Å². The molecule has 0 radical (unpaired) electrons. The lowest BCUT2D eigenvalue weighted by molar-refractivity contribution is 0.525. The van der Waals surface area contributed by atoms with Crippen LogP contribution in [0.3, 0.4) is 0 Å². The molecular weight excluding hydrogens is 290 g/mol. The van der Waals surface area contributed by atoms with Crippen LogP contribution in [0.1, 0.15) is 11.8 Å². The first-order valence-corrected chi connectivity index (χ1v) is 9.36. The van der Waals surface area contributed by atoms with E-state index in [1.165, 1.54) is 22.1 Å². The van der Waals surface area contributed by atoms with Crippen LogP contribution in [-0.2, 0) is 6.42 Å². The molecule has 0 bridgehead atoms. The van der Waals surface area contributed by atoms with Crippen LogP contribution >= 0.6 is 46.5 Å². The van der Waals surface area contributed by atoms with E-state index in [0.29, 0.717) is 6.04 Å². The number of hydrogen-bond donors (Lipinski definition) is 1. The largest absolute Gasteiger partial charge is 0.313 e. The smallest absolute Gasteiger partial charge is 0.0931 e. The van der Waals surface area contributed by atoms with Crippen LogP contribution in [0.2, 0.25) is 4.34 Å². The van der Waals surface area contributed by atoms with Crippen LogP contribution in [0, 0.1) is 0 Å². The van der Waals surface area contributed by atoms with E-state index in [4.69, 9.17) is 11.6 Å². The lowest BCUT2D eigenvalue weighted by Crippen LogP contribution is -2.42. The van der Waals surface area contributed by atoms with E-state index in [1.54, 1.807) is 11.3 Å². The zero-order valence-electron chi connectivity index (χ0n) is 9.95. The van der Waals surface area contributed by atoms with Crippen LogP contribution in [-0.4, -0.2) is 35.1 Å². The Morgan fingerprint density at radius 2 is 2.35 bits per heavy atom. The zero-order valence-corrected chi connectivity index (χ0v) is 13.2. The number of thioether (sulfide) groups is 2. The fourth-order valence-electron chi connectivity index (χ4n) is 2.01. The lowest BCUT2D eigenvalue weighted by Gasteiger charge is -2.29. The van der Waals surface area contributed by atoms with Crippen molar-refractivity contribution in [3.05, 3.63) is 21.3 Å². The van der Waals surface area contributed by atoms with E-state index >= 15 is 0 Å². The summed E-state index contributed by atoms with van der Waals surface area (Å²) >= 11 is 11.9. The molecule has 17 heavy (non-hydrogen) atoms. The van der Waals surface area contributed by atoms with Crippen LogP contribution in [0.4, 0.5) is 0 Å². The van der Waals surface area contributed by atoms with Gasteiger partial charge < -0.3 is 5.32 Å². The summed E-state index contributed by atoms with van der Waals surface area (Å²) in [5.74, 6) is 3.88. The van der Waals surface area contributed by atoms with Crippen LogP contribution < -0.4 is 5.32 Å². The maximum absolute atomic E-state index is 6.00. The molecule has 0 aliphatic carbocycles. The minimum Gasteiger partial charge on any atom is -0.313 e. The highest BCUT2D eigenvalue weighted by molar-refractivity contribution is 8.06. The van der Waals surface area contributed by atoms with Gasteiger partial charge in [-0.2, -0.15) is 23.5 Å². The van der Waals surface area contributed by atoms with Crippen molar-refractivity contribution >= 4 is 46.5 Å². The van der Waals surface area contributed by atoms with Gasteiger partial charge in [0.05, 0.1) is 4.34 Å². The second-order valence-corrected chi connectivity index (χ2v) is 8.35. The molecule has 1 aromatic rings. The molecule has 0 spiro atoms. The second-order valence-electron chi connectivity index (χ2n) is 4.06. The Hall–Kier alpha value is 0.650. The molecule has 1 aliphatic rings. The monoisotopic (exact) mass is 307 g/mol. The van der Waals surface area contributed by atoms with E-state index in [0.717, 1.165) is 22.6 Å². The topological polar surface area (TPSA) is 12.0 Å². The van der Waals surface area contributed by atoms with Crippen molar-refractivity contribution < 1.29 is 0 Å². The highest BCUT2D eigenvalue weighted by atomic mass is 35.5. The maximum Gasteiger partial charge on any atom is 0.0931 e. The van der Waals surface area contributed by atoms with Crippen molar-refractivity contribution in [1.29, 1.82) is 0 Å². The minimum atomic E-state index is 0.590. The molecule has 1 saturated heterocycles. The van der Waals surface area contributed by atoms with E-state index in [-0.39, 0.29) is 0 Å². The summed E-state index contributed by atoms with van der Waals surface area (Å²) in [7, 11) is 0. The van der Waals surface area contributed by atoms with Crippen LogP contribution in [0.15, 0.2) is 12.1 Å². The normalized spacial score (nSPS) is 22.6. The van der Waals surface area contributed by atoms with Crippen molar-refractivity contribution in [2.75, 3.05) is 23.8 Å². The molecule has 2 rings (SSSR count). The third-order valence-electron chi connectivity index (χ3n) is 2.81. The Labute approximate surface area is 121 Å². The predicted molar refractivity (Wildman–Crippen MR) is 84.1 cm³/mol. The molecule has 2 atom stereocenters. The SMILES string of the molecule is CCNC(Cc1ccc(Cl)s1)C1CSCCS1. The molecule has 96 valence electrons. The molecule has 2 heterocycles. The standard InChI is InChI=1S/C12H18ClNS3/c1-2-14-10(11-8-15-5-6-16-11)7-9-3-4-12(13)17-9/h3-4,10-11,14H,2,5-8H2,1H3. The molecule has 5 heteroatoms. The fraction of sp³-hybridized carbons (Fsp3) is 0.667. The average molecular weight is 308 g/mol. The van der Waals surface area contributed by atoms with E-state index < -0.39 is 0 Å². The van der Waals surface area contributed by atoms with Gasteiger partial charge in [-0.1, -0.05) is 18.5 Å². The summed E-state index contributed by atoms with van der Waals surface area (Å²) in [6.45, 7) is 3.24. The molecule has 2 unspecified atom stereocenters. The van der Waals surface area contributed by atoms with Gasteiger partial charge in [0, 0.05) is 33.4 Å². The Kier molecular flexibility index (Phi) is 6.03. The predicted octanol–water partition coefficient (Wildman–Crippen LogP) is 3.77. The van der Waals surface area contributed by atoms with E-state index in [1.807, 2.05) is 6.07 Å². The molecule has 1 N–H and O–H groups in total. The quantitative estimate of drug-likeness (QED) is 0.889. The molecule has 1 fully saturated rings. The Balaban J connectivity index is 1.95. The number of likely N-dealkylation sites (N-methyl/N-ethyl adjacent to an activating group) is 1. The van der Waals surface area contributed by atoms with E-state index in [2.05, 4.69) is 41.8 Å². The highest BCUT2D eigenvalue weighted by Crippen LogP contribution is 2.30. The molecule has 0 aromatic carbocycles. The van der Waals surface area contributed by atoms with Gasteiger partial charge in [-0.15, -0.1) is 11.3 Å². The van der Waals surface area contributed by atoms with Gasteiger partial charge in [0.1, 0.15) is 0 Å². The van der Waals surface area contributed by atoms with Gasteiger partial charge in [0.25, 0.3) is 0 Å². The van der Waals surface area contributed by atoms with Gasteiger partial charge in [-0.3, -0.25) is 0 Å². The van der Waals surface area contributed by atoms with Gasteiger partial charge >= 0.3 is 0 Å². The highest BCUT2D eigenvalue weighted by Gasteiger charge is 2.24. The maximum atomic E-state index is 6.00. The summed E-state index contributed by atoms with van der Waals surface area (Å²) < 4.78 is 0.904. The molecule has 1 aliphatic heterocycles. The van der Waals surface area contributed by atoms with Gasteiger partial charge in [0.15, 0.2) is 0 Å². The first-order chi connectivity index (χ1) is 8.29. The van der Waals surface area contributed by atoms with Crippen LogP contribution in [0.5, 0.6) is 0 Å². The first kappa shape index (κ1) is 14.1. The molecule has 0 amide bonds. The van der Waals surface area contributed by atoms with Crippen molar-refractivity contribution in [3.8, 4) is 0 Å². The van der Waals surface area contributed by atoms with Gasteiger partial charge in [-0.05, 0) is 25.1 Å². The number of rotatable bonds is 5. The molecule has 1 aromatic heterocycles. The third kappa shape index (κ3) is 4.35. The fourth-order valence-corrected chi connectivity index (χ4v) is 6.05. The Bertz CT molecular complexity index is 336. The van der Waals surface area contributed by atoms with Gasteiger partial charge in [-0.25, -0.2) is 0 Å². The number of nitrogens with one attached hydrogen (secondary N) is 1. The number of hydrogen-bond acceptors (Lipinski definition) is 4. The minimum absolute atomic E-state index is 0.590. The molecule has 1 nitrogen and oxygen atoms in total. The lowest BCUT2D eigenvalue weighted by atomic mass is 10.1. The Morgan fingerprint density at radius 3 is 2.94 bits per heavy atom. The number of thiophene rings is 1. The average Bonchev–Trinajstić information content (AvgIpc) is 2.75. The molecule has 0 saturated carbocycles. The van der Waals surface area contributed by atoms with Crippen molar-refractivity contribution in [2.45, 2.75) is 24.6 Å². The zero-order chi connectivity index (χ0) is 12.1. The summed E-state index contributed by atoms with van der Waals surface area (Å²) in [5.41, 5.74) is 0.